The van der Waals surface area contributed by atoms with Gasteiger partial charge in [0, 0.05) is 0 Å². The van der Waals surface area contributed by atoms with Crippen LogP contribution in [0.25, 0.3) is 10.7 Å². The van der Waals surface area contributed by atoms with Gasteiger partial charge in [0.25, 0.3) is 0 Å². The molecule has 0 aliphatic rings. The number of hydrogen-bond donors (Lipinski definition) is 2. The molecule has 4 nitrogen and oxygen atoms in total. The van der Waals surface area contributed by atoms with Crippen molar-refractivity contribution in [2.45, 2.75) is 0 Å². The monoisotopic (exact) mass is 244 g/mol. The normalized spacial score (nSPS) is 10.4. The number of nitrogens with one attached hydrogen (secondary N) is 1. The Bertz CT molecular complexity index is 394. The summed E-state index contributed by atoms with van der Waals surface area (Å²) < 4.78 is 0.978. The number of nitrogen functional groups attached to an aromatic ring is 1. The summed E-state index contributed by atoms with van der Waals surface area (Å²) >= 11 is 4.84. The van der Waals surface area contributed by atoms with E-state index in [9.17, 15) is 0 Å². The van der Waals surface area contributed by atoms with Gasteiger partial charge in [-0.05, 0) is 15.9 Å². The summed E-state index contributed by atoms with van der Waals surface area (Å²) in [7, 11) is 0. The molecule has 0 unspecified atom stereocenters. The average Bonchev–Trinajstić information content (AvgIpc) is 2.58. The van der Waals surface area contributed by atoms with Gasteiger partial charge in [0.05, 0.1) is 21.9 Å². The molecule has 12 heavy (non-hydrogen) atoms. The van der Waals surface area contributed by atoms with Crippen LogP contribution in [0.1, 0.15) is 0 Å². The molecule has 0 aliphatic heterocycles. The van der Waals surface area contributed by atoms with Crippen molar-refractivity contribution in [1.82, 2.24) is 15.2 Å². The highest BCUT2D eigenvalue weighted by Gasteiger charge is 2.07. The lowest BCUT2D eigenvalue weighted by Gasteiger charge is -1.89. The molecule has 6 heteroatoms. The first-order chi connectivity index (χ1) is 5.77. The van der Waals surface area contributed by atoms with Gasteiger partial charge in [-0.15, -0.1) is 11.3 Å². The van der Waals surface area contributed by atoms with E-state index in [2.05, 4.69) is 31.1 Å². The van der Waals surface area contributed by atoms with Gasteiger partial charge < -0.3 is 5.73 Å². The molecule has 62 valence electrons. The summed E-state index contributed by atoms with van der Waals surface area (Å²) in [5.74, 6) is 0. The molecule has 2 aromatic rings. The third kappa shape index (κ3) is 1.23. The average molecular weight is 245 g/mol. The molecule has 0 saturated heterocycles. The van der Waals surface area contributed by atoms with E-state index < -0.39 is 0 Å². The van der Waals surface area contributed by atoms with Crippen LogP contribution in [0.2, 0.25) is 0 Å². The summed E-state index contributed by atoms with van der Waals surface area (Å²) in [6.07, 6.45) is 3.31. The number of aromatic amines is 1. The van der Waals surface area contributed by atoms with E-state index in [1.165, 1.54) is 11.3 Å². The van der Waals surface area contributed by atoms with Crippen LogP contribution >= 0.6 is 27.3 Å². The number of thiazole rings is 1. The predicted octanol–water partition coefficient (Wildman–Crippen LogP) is 1.88. The molecule has 0 bridgehead atoms. The lowest BCUT2D eigenvalue weighted by molar-refractivity contribution is 1.09. The van der Waals surface area contributed by atoms with Gasteiger partial charge in [0.2, 0.25) is 0 Å². The minimum Gasteiger partial charge on any atom is -0.396 e. The molecule has 3 N–H and O–H groups in total. The van der Waals surface area contributed by atoms with Gasteiger partial charge in [0.15, 0.2) is 0 Å². The zero-order chi connectivity index (χ0) is 8.55. The largest absolute Gasteiger partial charge is 0.396 e. The SMILES string of the molecule is Nc1cn[nH]c1-c1ncc(Br)s1. The molecule has 0 saturated carbocycles. The summed E-state index contributed by atoms with van der Waals surface area (Å²) in [6, 6.07) is 0. The molecule has 0 radical (unpaired) electrons. The fourth-order valence-corrected chi connectivity index (χ4v) is 2.06. The number of hydrogen-bond acceptors (Lipinski definition) is 4. The number of aromatic nitrogens is 3. The first-order valence-electron chi connectivity index (χ1n) is 3.18. The quantitative estimate of drug-likeness (QED) is 0.805. The Labute approximate surface area is 81.0 Å². The van der Waals surface area contributed by atoms with E-state index in [4.69, 9.17) is 5.73 Å². The number of anilines is 1. The Morgan fingerprint density at radius 2 is 2.33 bits per heavy atom. The molecule has 0 fully saturated rings. The highest BCUT2D eigenvalue weighted by Crippen LogP contribution is 2.29. The Morgan fingerprint density at radius 1 is 1.50 bits per heavy atom. The predicted molar refractivity (Wildman–Crippen MR) is 51.8 cm³/mol. The molecule has 2 aromatic heterocycles. The second-order valence-corrected chi connectivity index (χ2v) is 4.58. The van der Waals surface area contributed by atoms with Gasteiger partial charge in [-0.25, -0.2) is 4.98 Å². The molecule has 0 aliphatic carbocycles. The van der Waals surface area contributed by atoms with E-state index >= 15 is 0 Å². The zero-order valence-corrected chi connectivity index (χ0v) is 8.32. The fourth-order valence-electron chi connectivity index (χ4n) is 0.837. The summed E-state index contributed by atoms with van der Waals surface area (Å²) in [4.78, 5) is 4.14. The Morgan fingerprint density at radius 3 is 2.83 bits per heavy atom. The number of nitrogens with two attached hydrogens (primary N) is 1. The van der Waals surface area contributed by atoms with E-state index in [-0.39, 0.29) is 0 Å². The summed E-state index contributed by atoms with van der Waals surface area (Å²) in [5.41, 5.74) is 7.04. The fraction of sp³-hybridized carbons (Fsp3) is 0. The third-order valence-electron chi connectivity index (χ3n) is 1.36. The van der Waals surface area contributed by atoms with Gasteiger partial charge in [-0.3, -0.25) is 5.10 Å². The van der Waals surface area contributed by atoms with Crippen molar-refractivity contribution in [1.29, 1.82) is 0 Å². The summed E-state index contributed by atoms with van der Waals surface area (Å²) in [6.45, 7) is 0. The Hall–Kier alpha value is -0.880. The minimum absolute atomic E-state index is 0.622. The van der Waals surface area contributed by atoms with Gasteiger partial charge in [-0.2, -0.15) is 5.10 Å². The summed E-state index contributed by atoms with van der Waals surface area (Å²) in [5, 5.41) is 7.44. The highest BCUT2D eigenvalue weighted by molar-refractivity contribution is 9.11. The molecule has 2 rings (SSSR count). The van der Waals surface area contributed by atoms with Crippen LogP contribution in [0.5, 0.6) is 0 Å². The van der Waals surface area contributed by atoms with Crippen molar-refractivity contribution < 1.29 is 0 Å². The highest BCUT2D eigenvalue weighted by atomic mass is 79.9. The van der Waals surface area contributed by atoms with Crippen LogP contribution in [-0.4, -0.2) is 15.2 Å². The molecular weight excluding hydrogens is 240 g/mol. The zero-order valence-electron chi connectivity index (χ0n) is 5.91. The number of halogens is 1. The van der Waals surface area contributed by atoms with Crippen molar-refractivity contribution in [2.75, 3.05) is 5.73 Å². The maximum absolute atomic E-state index is 5.64. The van der Waals surface area contributed by atoms with Crippen LogP contribution in [-0.2, 0) is 0 Å². The first-order valence-corrected chi connectivity index (χ1v) is 4.79. The molecule has 2 heterocycles. The molecule has 0 amide bonds. The molecule has 0 spiro atoms. The number of H-pyrrole nitrogens is 1. The number of nitrogens with zero attached hydrogens (tertiary/aromatic N) is 2. The van der Waals surface area contributed by atoms with E-state index in [0.717, 1.165) is 14.5 Å². The molecule has 0 atom stereocenters. The topological polar surface area (TPSA) is 67.6 Å². The smallest absolute Gasteiger partial charge is 0.144 e. The van der Waals surface area contributed by atoms with E-state index in [1.807, 2.05) is 0 Å². The van der Waals surface area contributed by atoms with Crippen molar-refractivity contribution >= 4 is 33.0 Å². The maximum atomic E-state index is 5.64. The van der Waals surface area contributed by atoms with Crippen LogP contribution in [0.3, 0.4) is 0 Å². The van der Waals surface area contributed by atoms with Gasteiger partial charge >= 0.3 is 0 Å². The second kappa shape index (κ2) is 2.87. The lowest BCUT2D eigenvalue weighted by Crippen LogP contribution is -1.84. The Kier molecular flexibility index (Phi) is 1.86. The molecule has 0 aromatic carbocycles. The lowest BCUT2D eigenvalue weighted by atomic mass is 10.4. The van der Waals surface area contributed by atoms with Crippen molar-refractivity contribution in [3.63, 3.8) is 0 Å². The maximum Gasteiger partial charge on any atom is 0.144 e. The van der Waals surface area contributed by atoms with E-state index in [0.29, 0.717) is 5.69 Å². The van der Waals surface area contributed by atoms with Crippen molar-refractivity contribution in [2.24, 2.45) is 0 Å². The van der Waals surface area contributed by atoms with Crippen LogP contribution in [0, 0.1) is 0 Å². The minimum atomic E-state index is 0.622. The molecular formula is C6H5BrN4S. The number of rotatable bonds is 1. The van der Waals surface area contributed by atoms with Crippen LogP contribution in [0.15, 0.2) is 16.2 Å². The first kappa shape index (κ1) is 7.75. The van der Waals surface area contributed by atoms with Gasteiger partial charge in [0.1, 0.15) is 10.7 Å². The van der Waals surface area contributed by atoms with Crippen LogP contribution < -0.4 is 5.73 Å². The standard InChI is InChI=1S/C6H5BrN4S/c7-4-2-9-6(12-4)5-3(8)1-10-11-5/h1-2H,8H2,(H,10,11). The Balaban J connectivity index is 2.50. The van der Waals surface area contributed by atoms with Crippen LogP contribution in [0.4, 0.5) is 5.69 Å². The van der Waals surface area contributed by atoms with E-state index in [1.54, 1.807) is 12.4 Å². The van der Waals surface area contributed by atoms with Gasteiger partial charge in [-0.1, -0.05) is 0 Å². The van der Waals surface area contributed by atoms with Crippen molar-refractivity contribution in [3.05, 3.63) is 16.2 Å². The second-order valence-electron chi connectivity index (χ2n) is 2.17. The van der Waals surface area contributed by atoms with Crippen molar-refractivity contribution in [3.8, 4) is 10.7 Å². The third-order valence-corrected chi connectivity index (χ3v) is 2.85.